The molecule has 0 N–H and O–H groups in total. The Labute approximate surface area is 144 Å². The minimum absolute atomic E-state index is 0.387. The van der Waals surface area contributed by atoms with Crippen molar-refractivity contribution in [1.29, 1.82) is 0 Å². The summed E-state index contributed by atoms with van der Waals surface area (Å²) in [6.45, 7) is 2.58. The Balaban J connectivity index is 1.54. The molecule has 3 unspecified atom stereocenters. The molecule has 3 aliphatic carbocycles. The number of rotatable bonds is 1. The normalized spacial score (nSPS) is 34.2. The summed E-state index contributed by atoms with van der Waals surface area (Å²) < 4.78 is 0. The van der Waals surface area contributed by atoms with Gasteiger partial charge in [-0.15, -0.1) is 0 Å². The van der Waals surface area contributed by atoms with E-state index in [1.807, 2.05) is 0 Å². The van der Waals surface area contributed by atoms with E-state index in [1.165, 1.54) is 45.2 Å². The van der Waals surface area contributed by atoms with Crippen LogP contribution >= 0.6 is 0 Å². The third kappa shape index (κ3) is 1.59. The highest BCUT2D eigenvalue weighted by Crippen LogP contribution is 2.63. The number of hydrogen-bond acceptors (Lipinski definition) is 1. The lowest BCUT2D eigenvalue weighted by molar-refractivity contribution is 0.228. The monoisotopic (exact) mass is 315 g/mol. The number of benzene rings is 2. The van der Waals surface area contributed by atoms with Crippen LogP contribution in [-0.4, -0.2) is 24.0 Å². The molecule has 1 heterocycles. The first-order valence-electron chi connectivity index (χ1n) is 9.79. The highest BCUT2D eigenvalue weighted by Gasteiger charge is 2.58. The number of hydrogen-bond donors (Lipinski definition) is 0. The molecule has 1 heteroatoms. The summed E-state index contributed by atoms with van der Waals surface area (Å²) in [5.41, 5.74) is 6.97. The van der Waals surface area contributed by atoms with E-state index in [-0.39, 0.29) is 0 Å². The Morgan fingerprint density at radius 3 is 2.38 bits per heavy atom. The largest absolute Gasteiger partial charge is 0.299 e. The predicted octanol–water partition coefficient (Wildman–Crippen LogP) is 4.82. The SMILES string of the molecule is c1ccc2c(c1)C1CC3(CN(C4CCCC4)CC23)c2ccccc21. The standard InChI is InChI=1S/C23H25N/c1-2-8-16(7-1)24-14-22-18-10-4-3-9-17(18)20-13-23(22,15-24)21-12-6-5-11-19(20)21/h3-6,9-12,16,20,22H,1-2,7-8,13-15H2. The molecular weight excluding hydrogens is 290 g/mol. The van der Waals surface area contributed by atoms with E-state index >= 15 is 0 Å². The van der Waals surface area contributed by atoms with E-state index in [2.05, 4.69) is 53.4 Å². The zero-order chi connectivity index (χ0) is 15.7. The molecule has 1 saturated carbocycles. The fraction of sp³-hybridized carbons (Fsp3) is 0.478. The summed E-state index contributed by atoms with van der Waals surface area (Å²) >= 11 is 0. The topological polar surface area (TPSA) is 3.24 Å². The summed E-state index contributed by atoms with van der Waals surface area (Å²) in [4.78, 5) is 2.87. The predicted molar refractivity (Wildman–Crippen MR) is 97.6 cm³/mol. The van der Waals surface area contributed by atoms with Crippen molar-refractivity contribution in [3.63, 3.8) is 0 Å². The molecule has 1 spiro atoms. The molecule has 1 aliphatic heterocycles. The van der Waals surface area contributed by atoms with Gasteiger partial charge < -0.3 is 0 Å². The van der Waals surface area contributed by atoms with E-state index < -0.39 is 0 Å². The molecule has 2 aromatic rings. The summed E-state index contributed by atoms with van der Waals surface area (Å²) in [5.74, 6) is 1.34. The van der Waals surface area contributed by atoms with Crippen LogP contribution in [0.3, 0.4) is 0 Å². The van der Waals surface area contributed by atoms with E-state index in [1.54, 1.807) is 22.3 Å². The first-order valence-corrected chi connectivity index (χ1v) is 9.79. The summed E-state index contributed by atoms with van der Waals surface area (Å²) in [7, 11) is 0. The van der Waals surface area contributed by atoms with Crippen LogP contribution < -0.4 is 0 Å². The first-order chi connectivity index (χ1) is 11.9. The molecule has 6 rings (SSSR count). The van der Waals surface area contributed by atoms with E-state index in [9.17, 15) is 0 Å². The zero-order valence-electron chi connectivity index (χ0n) is 14.2. The van der Waals surface area contributed by atoms with Crippen molar-refractivity contribution in [2.75, 3.05) is 13.1 Å². The first kappa shape index (κ1) is 13.7. The molecule has 2 bridgehead atoms. The Morgan fingerprint density at radius 2 is 1.54 bits per heavy atom. The molecule has 1 nitrogen and oxygen atoms in total. The van der Waals surface area contributed by atoms with Crippen LogP contribution in [0.25, 0.3) is 0 Å². The van der Waals surface area contributed by atoms with Gasteiger partial charge in [-0.05, 0) is 41.5 Å². The van der Waals surface area contributed by atoms with Gasteiger partial charge in [0.15, 0.2) is 0 Å². The van der Waals surface area contributed by atoms with Crippen molar-refractivity contribution in [2.45, 2.75) is 55.4 Å². The highest BCUT2D eigenvalue weighted by molar-refractivity contribution is 5.58. The molecule has 122 valence electrons. The molecule has 2 fully saturated rings. The second-order valence-corrected chi connectivity index (χ2v) is 8.55. The Kier molecular flexibility index (Phi) is 2.69. The molecule has 0 aromatic heterocycles. The van der Waals surface area contributed by atoms with E-state index in [0.29, 0.717) is 17.3 Å². The van der Waals surface area contributed by atoms with Gasteiger partial charge in [-0.25, -0.2) is 0 Å². The van der Waals surface area contributed by atoms with Gasteiger partial charge in [0.1, 0.15) is 0 Å². The maximum absolute atomic E-state index is 2.87. The quantitative estimate of drug-likeness (QED) is 0.729. The molecule has 1 saturated heterocycles. The maximum atomic E-state index is 2.87. The molecule has 0 radical (unpaired) electrons. The Morgan fingerprint density at radius 1 is 0.833 bits per heavy atom. The van der Waals surface area contributed by atoms with Crippen molar-refractivity contribution in [2.24, 2.45) is 0 Å². The van der Waals surface area contributed by atoms with Gasteiger partial charge in [-0.3, -0.25) is 4.90 Å². The van der Waals surface area contributed by atoms with Crippen LogP contribution in [0.5, 0.6) is 0 Å². The third-order valence-corrected chi connectivity index (χ3v) is 7.60. The van der Waals surface area contributed by atoms with Crippen molar-refractivity contribution in [3.05, 3.63) is 70.8 Å². The summed E-state index contributed by atoms with van der Waals surface area (Å²) in [6, 6.07) is 19.6. The molecule has 4 aliphatic rings. The fourth-order valence-corrected chi connectivity index (χ4v) is 6.63. The average Bonchev–Trinajstić information content (AvgIpc) is 3.34. The second kappa shape index (κ2) is 4.73. The summed E-state index contributed by atoms with van der Waals surface area (Å²) in [6.07, 6.45) is 7.07. The van der Waals surface area contributed by atoms with Gasteiger partial charge in [-0.1, -0.05) is 61.4 Å². The Hall–Kier alpha value is -1.60. The average molecular weight is 315 g/mol. The van der Waals surface area contributed by atoms with Crippen LogP contribution in [0.1, 0.15) is 66.2 Å². The van der Waals surface area contributed by atoms with Gasteiger partial charge >= 0.3 is 0 Å². The van der Waals surface area contributed by atoms with Gasteiger partial charge in [0.05, 0.1) is 0 Å². The molecule has 3 atom stereocenters. The van der Waals surface area contributed by atoms with Gasteiger partial charge in [-0.2, -0.15) is 0 Å². The lowest BCUT2D eigenvalue weighted by Gasteiger charge is -2.37. The number of likely N-dealkylation sites (tertiary alicyclic amines) is 1. The van der Waals surface area contributed by atoms with Crippen molar-refractivity contribution in [3.8, 4) is 0 Å². The van der Waals surface area contributed by atoms with Crippen molar-refractivity contribution in [1.82, 2.24) is 4.90 Å². The molecule has 0 amide bonds. The smallest absolute Gasteiger partial charge is 0.0173 e. The van der Waals surface area contributed by atoms with Crippen LogP contribution in [0.4, 0.5) is 0 Å². The Bertz CT molecular complexity index is 792. The van der Waals surface area contributed by atoms with Gasteiger partial charge in [0, 0.05) is 36.4 Å². The van der Waals surface area contributed by atoms with E-state index in [4.69, 9.17) is 0 Å². The number of fused-ring (bicyclic) bond motifs is 3. The van der Waals surface area contributed by atoms with Crippen LogP contribution in [-0.2, 0) is 5.41 Å². The molecule has 2 aromatic carbocycles. The van der Waals surface area contributed by atoms with Gasteiger partial charge in [0.2, 0.25) is 0 Å². The maximum Gasteiger partial charge on any atom is 0.0173 e. The lowest BCUT2D eigenvalue weighted by atomic mass is 9.65. The minimum Gasteiger partial charge on any atom is -0.299 e. The van der Waals surface area contributed by atoms with Gasteiger partial charge in [0.25, 0.3) is 0 Å². The second-order valence-electron chi connectivity index (χ2n) is 8.55. The van der Waals surface area contributed by atoms with Crippen LogP contribution in [0.2, 0.25) is 0 Å². The lowest BCUT2D eigenvalue weighted by Crippen LogP contribution is -2.36. The molecular formula is C23H25N. The fourth-order valence-electron chi connectivity index (χ4n) is 6.63. The third-order valence-electron chi connectivity index (χ3n) is 7.60. The minimum atomic E-state index is 0.387. The van der Waals surface area contributed by atoms with Crippen LogP contribution in [0.15, 0.2) is 48.5 Å². The van der Waals surface area contributed by atoms with Crippen LogP contribution in [0, 0.1) is 0 Å². The zero-order valence-corrected chi connectivity index (χ0v) is 14.2. The highest BCUT2D eigenvalue weighted by atomic mass is 15.2. The number of nitrogens with zero attached hydrogens (tertiary/aromatic N) is 1. The van der Waals surface area contributed by atoms with E-state index in [0.717, 1.165) is 6.04 Å². The van der Waals surface area contributed by atoms with Crippen molar-refractivity contribution < 1.29 is 0 Å². The van der Waals surface area contributed by atoms with Crippen molar-refractivity contribution >= 4 is 0 Å². The molecule has 24 heavy (non-hydrogen) atoms. The summed E-state index contributed by atoms with van der Waals surface area (Å²) in [5, 5.41) is 0.